The Morgan fingerprint density at radius 2 is 1.90 bits per heavy atom. The first-order chi connectivity index (χ1) is 9.32. The second-order valence-electron chi connectivity index (χ2n) is 7.10. The van der Waals surface area contributed by atoms with Gasteiger partial charge in [0.1, 0.15) is 11.6 Å². The van der Waals surface area contributed by atoms with Crippen molar-refractivity contribution >= 4 is 11.8 Å². The lowest BCUT2D eigenvalue weighted by molar-refractivity contribution is -0.160. The van der Waals surface area contributed by atoms with Crippen LogP contribution in [0.5, 0.6) is 0 Å². The molecule has 1 N–H and O–H groups in total. The van der Waals surface area contributed by atoms with Crippen LogP contribution in [0, 0.1) is 17.8 Å². The fourth-order valence-corrected chi connectivity index (χ4v) is 3.19. The number of hydrogen-bond donors (Lipinski definition) is 1. The Bertz CT molecular complexity index is 403. The van der Waals surface area contributed by atoms with Crippen LogP contribution < -0.4 is 5.32 Å². The molecule has 4 nitrogen and oxygen atoms in total. The van der Waals surface area contributed by atoms with Crippen molar-refractivity contribution in [2.45, 2.75) is 65.5 Å². The van der Waals surface area contributed by atoms with Crippen molar-refractivity contribution in [2.24, 2.45) is 17.8 Å². The van der Waals surface area contributed by atoms with Gasteiger partial charge in [-0.3, -0.25) is 9.59 Å². The SMILES string of the molecule is CCC(C)C1NC(=O)C(C)(C2CC2)N(CC(C)C)C1=O. The van der Waals surface area contributed by atoms with Crippen LogP contribution in [0.1, 0.15) is 53.9 Å². The van der Waals surface area contributed by atoms with Crippen LogP contribution >= 0.6 is 0 Å². The molecule has 1 saturated heterocycles. The van der Waals surface area contributed by atoms with E-state index in [0.717, 1.165) is 19.3 Å². The summed E-state index contributed by atoms with van der Waals surface area (Å²) in [5.74, 6) is 1.06. The number of carbonyl (C=O) groups is 2. The molecular weight excluding hydrogens is 252 g/mol. The number of amides is 2. The van der Waals surface area contributed by atoms with E-state index in [2.05, 4.69) is 26.1 Å². The van der Waals surface area contributed by atoms with E-state index in [9.17, 15) is 9.59 Å². The van der Waals surface area contributed by atoms with Crippen LogP contribution in [-0.2, 0) is 9.59 Å². The Labute approximate surface area is 122 Å². The molecule has 1 aliphatic heterocycles. The monoisotopic (exact) mass is 280 g/mol. The number of nitrogens with one attached hydrogen (secondary N) is 1. The summed E-state index contributed by atoms with van der Waals surface area (Å²) in [4.78, 5) is 27.4. The predicted octanol–water partition coefficient (Wildman–Crippen LogP) is 2.18. The molecule has 3 unspecified atom stereocenters. The number of piperazine rings is 1. The Kier molecular flexibility index (Phi) is 4.12. The summed E-state index contributed by atoms with van der Waals surface area (Å²) in [5.41, 5.74) is -0.634. The minimum atomic E-state index is -0.634. The van der Waals surface area contributed by atoms with Gasteiger partial charge in [0, 0.05) is 6.54 Å². The maximum atomic E-state index is 12.9. The van der Waals surface area contributed by atoms with Crippen LogP contribution in [0.2, 0.25) is 0 Å². The first-order valence-electron chi connectivity index (χ1n) is 7.94. The van der Waals surface area contributed by atoms with Gasteiger partial charge in [-0.25, -0.2) is 0 Å². The molecule has 20 heavy (non-hydrogen) atoms. The Balaban J connectivity index is 2.31. The lowest BCUT2D eigenvalue weighted by atomic mass is 9.84. The summed E-state index contributed by atoms with van der Waals surface area (Å²) in [6.07, 6.45) is 3.01. The molecule has 2 aliphatic rings. The van der Waals surface area contributed by atoms with E-state index in [-0.39, 0.29) is 23.8 Å². The third kappa shape index (κ3) is 2.45. The normalized spacial score (nSPS) is 32.5. The lowest BCUT2D eigenvalue weighted by Crippen LogP contribution is -2.72. The molecule has 114 valence electrons. The zero-order valence-electron chi connectivity index (χ0n) is 13.4. The van der Waals surface area contributed by atoms with E-state index in [0.29, 0.717) is 18.4 Å². The molecule has 0 spiro atoms. The molecule has 0 aromatic rings. The average molecular weight is 280 g/mol. The highest BCUT2D eigenvalue weighted by Crippen LogP contribution is 2.45. The van der Waals surface area contributed by atoms with Gasteiger partial charge in [0.2, 0.25) is 11.8 Å². The quantitative estimate of drug-likeness (QED) is 0.839. The van der Waals surface area contributed by atoms with Gasteiger partial charge in [-0.05, 0) is 37.5 Å². The zero-order valence-corrected chi connectivity index (χ0v) is 13.4. The lowest BCUT2D eigenvalue weighted by Gasteiger charge is -2.48. The van der Waals surface area contributed by atoms with E-state index in [1.165, 1.54) is 0 Å². The van der Waals surface area contributed by atoms with E-state index in [1.54, 1.807) is 0 Å². The molecule has 3 atom stereocenters. The minimum absolute atomic E-state index is 0.0468. The third-order valence-electron chi connectivity index (χ3n) is 4.97. The molecular formula is C16H28N2O2. The van der Waals surface area contributed by atoms with Crippen LogP contribution in [-0.4, -0.2) is 34.8 Å². The molecule has 4 heteroatoms. The zero-order chi connectivity index (χ0) is 15.1. The van der Waals surface area contributed by atoms with Gasteiger partial charge in [0.05, 0.1) is 0 Å². The van der Waals surface area contributed by atoms with Gasteiger partial charge in [-0.2, -0.15) is 0 Å². The van der Waals surface area contributed by atoms with Gasteiger partial charge in [0.15, 0.2) is 0 Å². The van der Waals surface area contributed by atoms with Gasteiger partial charge in [-0.1, -0.05) is 34.1 Å². The molecule has 1 heterocycles. The molecule has 1 aliphatic carbocycles. The number of nitrogens with zero attached hydrogens (tertiary/aromatic N) is 1. The highest BCUT2D eigenvalue weighted by molar-refractivity contribution is 6.00. The number of rotatable bonds is 5. The summed E-state index contributed by atoms with van der Waals surface area (Å²) < 4.78 is 0. The molecule has 2 fully saturated rings. The largest absolute Gasteiger partial charge is 0.342 e. The van der Waals surface area contributed by atoms with Crippen LogP contribution in [0.4, 0.5) is 0 Å². The molecule has 0 aromatic heterocycles. The average Bonchev–Trinajstić information content (AvgIpc) is 3.22. The van der Waals surface area contributed by atoms with Crippen molar-refractivity contribution in [3.63, 3.8) is 0 Å². The van der Waals surface area contributed by atoms with Gasteiger partial charge in [-0.15, -0.1) is 0 Å². The van der Waals surface area contributed by atoms with Crippen LogP contribution in [0.25, 0.3) is 0 Å². The molecule has 1 saturated carbocycles. The predicted molar refractivity (Wildman–Crippen MR) is 79.1 cm³/mol. The smallest absolute Gasteiger partial charge is 0.246 e. The maximum Gasteiger partial charge on any atom is 0.246 e. The Hall–Kier alpha value is -1.06. The van der Waals surface area contributed by atoms with Crippen molar-refractivity contribution in [1.29, 1.82) is 0 Å². The Morgan fingerprint density at radius 3 is 2.35 bits per heavy atom. The first kappa shape index (κ1) is 15.3. The van der Waals surface area contributed by atoms with Crippen molar-refractivity contribution in [2.75, 3.05) is 6.54 Å². The summed E-state index contributed by atoms with van der Waals surface area (Å²) >= 11 is 0. The second-order valence-corrected chi connectivity index (χ2v) is 7.10. The number of hydrogen-bond acceptors (Lipinski definition) is 2. The van der Waals surface area contributed by atoms with E-state index in [4.69, 9.17) is 0 Å². The highest BCUT2D eigenvalue weighted by Gasteiger charge is 2.57. The fourth-order valence-electron chi connectivity index (χ4n) is 3.19. The molecule has 0 radical (unpaired) electrons. The van der Waals surface area contributed by atoms with Crippen LogP contribution in [0.15, 0.2) is 0 Å². The van der Waals surface area contributed by atoms with Crippen molar-refractivity contribution < 1.29 is 9.59 Å². The first-order valence-corrected chi connectivity index (χ1v) is 7.94. The topological polar surface area (TPSA) is 49.4 Å². The van der Waals surface area contributed by atoms with Crippen molar-refractivity contribution in [3.8, 4) is 0 Å². The molecule has 0 aromatic carbocycles. The Morgan fingerprint density at radius 1 is 1.30 bits per heavy atom. The fraction of sp³-hybridized carbons (Fsp3) is 0.875. The summed E-state index contributed by atoms with van der Waals surface area (Å²) in [7, 11) is 0. The summed E-state index contributed by atoms with van der Waals surface area (Å²) in [5, 5.41) is 3.00. The van der Waals surface area contributed by atoms with Crippen molar-refractivity contribution in [3.05, 3.63) is 0 Å². The second kappa shape index (κ2) is 5.38. The summed E-state index contributed by atoms with van der Waals surface area (Å²) in [6, 6.07) is -0.349. The van der Waals surface area contributed by atoms with Gasteiger partial charge < -0.3 is 10.2 Å². The number of carbonyl (C=O) groups excluding carboxylic acids is 2. The van der Waals surface area contributed by atoms with E-state index in [1.807, 2.05) is 18.7 Å². The third-order valence-corrected chi connectivity index (χ3v) is 4.97. The maximum absolute atomic E-state index is 12.9. The van der Waals surface area contributed by atoms with E-state index < -0.39 is 5.54 Å². The molecule has 2 rings (SSSR count). The molecule has 2 amide bonds. The van der Waals surface area contributed by atoms with Gasteiger partial charge in [0.25, 0.3) is 0 Å². The van der Waals surface area contributed by atoms with E-state index >= 15 is 0 Å². The summed E-state index contributed by atoms with van der Waals surface area (Å²) in [6.45, 7) is 10.9. The highest BCUT2D eigenvalue weighted by atomic mass is 16.2. The minimum Gasteiger partial charge on any atom is -0.342 e. The van der Waals surface area contributed by atoms with Crippen molar-refractivity contribution in [1.82, 2.24) is 10.2 Å². The van der Waals surface area contributed by atoms with Gasteiger partial charge >= 0.3 is 0 Å². The van der Waals surface area contributed by atoms with Crippen LogP contribution in [0.3, 0.4) is 0 Å². The standard InChI is InChI=1S/C16H28N2O2/c1-6-11(4)13-14(19)18(9-10(2)3)16(5,12-7-8-12)15(20)17-13/h10-13H,6-9H2,1-5H3,(H,17,20). The molecule has 0 bridgehead atoms.